The SMILES string of the molecule is C=CC/C=C(\C=C(\F)CC(/C=C\C(=C)C)=C/C)c1ccc(C)cc1. The van der Waals surface area contributed by atoms with Crippen molar-refractivity contribution in [2.75, 3.05) is 0 Å². The second-order valence-electron chi connectivity index (χ2n) is 5.86. The van der Waals surface area contributed by atoms with Crippen LogP contribution in [0.25, 0.3) is 5.57 Å². The van der Waals surface area contributed by atoms with E-state index in [0.717, 1.165) is 22.3 Å². The third kappa shape index (κ3) is 7.23. The molecule has 24 heavy (non-hydrogen) atoms. The molecule has 1 aromatic carbocycles. The van der Waals surface area contributed by atoms with Gasteiger partial charge in [0.2, 0.25) is 0 Å². The first-order chi connectivity index (χ1) is 11.5. The molecule has 0 saturated carbocycles. The fourth-order valence-corrected chi connectivity index (χ4v) is 2.14. The van der Waals surface area contributed by atoms with Gasteiger partial charge in [0.25, 0.3) is 0 Å². The predicted molar refractivity (Wildman–Crippen MR) is 105 cm³/mol. The highest BCUT2D eigenvalue weighted by atomic mass is 19.1. The molecule has 1 heteroatoms. The van der Waals surface area contributed by atoms with Crippen molar-refractivity contribution < 1.29 is 4.39 Å². The molecule has 0 heterocycles. The smallest absolute Gasteiger partial charge is 0.105 e. The lowest BCUT2D eigenvalue weighted by molar-refractivity contribution is 0.614. The Balaban J connectivity index is 3.02. The van der Waals surface area contributed by atoms with Gasteiger partial charge in [0.05, 0.1) is 0 Å². The molecule has 0 aliphatic heterocycles. The highest BCUT2D eigenvalue weighted by molar-refractivity contribution is 5.74. The molecule has 0 radical (unpaired) electrons. The zero-order chi connectivity index (χ0) is 17.9. The summed E-state index contributed by atoms with van der Waals surface area (Å²) in [6.07, 6.45) is 12.1. The van der Waals surface area contributed by atoms with Crippen LogP contribution in [0, 0.1) is 6.92 Å². The summed E-state index contributed by atoms with van der Waals surface area (Å²) in [6, 6.07) is 8.11. The molecule has 0 aliphatic carbocycles. The first-order valence-corrected chi connectivity index (χ1v) is 8.19. The average Bonchev–Trinajstić information content (AvgIpc) is 2.56. The molecule has 0 N–H and O–H groups in total. The maximum Gasteiger partial charge on any atom is 0.105 e. The molecule has 1 rings (SSSR count). The molecule has 0 fully saturated rings. The van der Waals surface area contributed by atoms with Gasteiger partial charge < -0.3 is 0 Å². The summed E-state index contributed by atoms with van der Waals surface area (Å²) in [4.78, 5) is 0. The van der Waals surface area contributed by atoms with E-state index < -0.39 is 0 Å². The maximum atomic E-state index is 14.5. The van der Waals surface area contributed by atoms with Gasteiger partial charge in [-0.25, -0.2) is 4.39 Å². The number of benzene rings is 1. The minimum absolute atomic E-state index is 0.162. The van der Waals surface area contributed by atoms with Gasteiger partial charge in [0.1, 0.15) is 5.83 Å². The second kappa shape index (κ2) is 10.4. The van der Waals surface area contributed by atoms with Crippen LogP contribution < -0.4 is 0 Å². The number of allylic oxidation sites excluding steroid dienone is 10. The Labute approximate surface area is 146 Å². The van der Waals surface area contributed by atoms with Crippen LogP contribution in [0.3, 0.4) is 0 Å². The third-order valence-electron chi connectivity index (χ3n) is 3.53. The molecule has 0 saturated heterocycles. The van der Waals surface area contributed by atoms with Crippen molar-refractivity contribution in [3.8, 4) is 0 Å². The van der Waals surface area contributed by atoms with Crippen molar-refractivity contribution in [2.45, 2.75) is 33.6 Å². The molecule has 0 aliphatic rings. The standard InChI is InChI=1S/C23H27F/c1-6-8-9-22(21-14-11-19(5)12-15-21)17-23(24)16-20(7-2)13-10-18(3)4/h6-7,9-15,17H,1,3,8,16H2,2,4-5H3/b13-10-,20-7+,22-9+,23-17+. The molecule has 126 valence electrons. The van der Waals surface area contributed by atoms with E-state index in [9.17, 15) is 4.39 Å². The molecular formula is C23H27F. The first kappa shape index (κ1) is 19.6. The van der Waals surface area contributed by atoms with Gasteiger partial charge in [0, 0.05) is 6.42 Å². The van der Waals surface area contributed by atoms with Crippen LogP contribution in [0.5, 0.6) is 0 Å². The minimum atomic E-state index is -0.162. The lowest BCUT2D eigenvalue weighted by Crippen LogP contribution is -1.86. The van der Waals surface area contributed by atoms with Gasteiger partial charge in [-0.2, -0.15) is 0 Å². The molecule has 0 bridgehead atoms. The van der Waals surface area contributed by atoms with Crippen molar-refractivity contribution in [3.63, 3.8) is 0 Å². The minimum Gasteiger partial charge on any atom is -0.211 e. The van der Waals surface area contributed by atoms with E-state index in [0.29, 0.717) is 6.42 Å². The average molecular weight is 322 g/mol. The summed E-state index contributed by atoms with van der Waals surface area (Å²) < 4.78 is 14.5. The van der Waals surface area contributed by atoms with Gasteiger partial charge in [-0.3, -0.25) is 0 Å². The van der Waals surface area contributed by atoms with E-state index in [1.165, 1.54) is 5.56 Å². The zero-order valence-electron chi connectivity index (χ0n) is 15.0. The molecule has 1 aromatic rings. The molecule has 0 spiro atoms. The third-order valence-corrected chi connectivity index (χ3v) is 3.53. The van der Waals surface area contributed by atoms with E-state index in [2.05, 4.69) is 13.2 Å². The zero-order valence-corrected chi connectivity index (χ0v) is 15.0. The normalized spacial score (nSPS) is 13.4. The quantitative estimate of drug-likeness (QED) is 0.348. The second-order valence-corrected chi connectivity index (χ2v) is 5.86. The highest BCUT2D eigenvalue weighted by Gasteiger charge is 2.03. The van der Waals surface area contributed by atoms with Crippen molar-refractivity contribution in [3.05, 3.63) is 102 Å². The Morgan fingerprint density at radius 1 is 1.17 bits per heavy atom. The van der Waals surface area contributed by atoms with Crippen LogP contribution in [0.4, 0.5) is 4.39 Å². The van der Waals surface area contributed by atoms with E-state index >= 15 is 0 Å². The van der Waals surface area contributed by atoms with E-state index in [1.54, 1.807) is 6.08 Å². The number of aryl methyl sites for hydroxylation is 1. The molecule has 0 aromatic heterocycles. The van der Waals surface area contributed by atoms with Crippen molar-refractivity contribution in [2.24, 2.45) is 0 Å². The summed E-state index contributed by atoms with van der Waals surface area (Å²) in [5.41, 5.74) is 4.96. The fraction of sp³-hybridized carbons (Fsp3) is 0.217. The predicted octanol–water partition coefficient (Wildman–Crippen LogP) is 7.28. The van der Waals surface area contributed by atoms with Gasteiger partial charge in [0.15, 0.2) is 0 Å². The van der Waals surface area contributed by atoms with Crippen molar-refractivity contribution >= 4 is 5.57 Å². The van der Waals surface area contributed by atoms with Crippen LogP contribution in [0.2, 0.25) is 0 Å². The summed E-state index contributed by atoms with van der Waals surface area (Å²) in [6.45, 7) is 13.4. The number of rotatable bonds is 8. The monoisotopic (exact) mass is 322 g/mol. The Bertz CT molecular complexity index is 679. The fourth-order valence-electron chi connectivity index (χ4n) is 2.14. The van der Waals surface area contributed by atoms with Crippen LogP contribution in [0.1, 0.15) is 37.8 Å². The van der Waals surface area contributed by atoms with Gasteiger partial charge in [-0.05, 0) is 50.0 Å². The maximum absolute atomic E-state index is 14.5. The number of hydrogen-bond acceptors (Lipinski definition) is 0. The van der Waals surface area contributed by atoms with Crippen LogP contribution >= 0.6 is 0 Å². The van der Waals surface area contributed by atoms with Crippen molar-refractivity contribution in [1.29, 1.82) is 0 Å². The Kier molecular flexibility index (Phi) is 8.49. The van der Waals surface area contributed by atoms with Crippen LogP contribution in [-0.2, 0) is 0 Å². The van der Waals surface area contributed by atoms with Crippen molar-refractivity contribution in [1.82, 2.24) is 0 Å². The molecular weight excluding hydrogens is 295 g/mol. The van der Waals surface area contributed by atoms with E-state index in [-0.39, 0.29) is 12.2 Å². The first-order valence-electron chi connectivity index (χ1n) is 8.19. The largest absolute Gasteiger partial charge is 0.211 e. The van der Waals surface area contributed by atoms with Gasteiger partial charge >= 0.3 is 0 Å². The summed E-state index contributed by atoms with van der Waals surface area (Å²) >= 11 is 0. The molecule has 0 unspecified atom stereocenters. The topological polar surface area (TPSA) is 0 Å². The number of hydrogen-bond donors (Lipinski definition) is 0. The summed E-state index contributed by atoms with van der Waals surface area (Å²) in [5, 5.41) is 0. The lowest BCUT2D eigenvalue weighted by atomic mass is 10.0. The van der Waals surface area contributed by atoms with E-state index in [1.807, 2.05) is 75.4 Å². The van der Waals surface area contributed by atoms with E-state index in [4.69, 9.17) is 0 Å². The summed E-state index contributed by atoms with van der Waals surface area (Å²) in [5.74, 6) is -0.162. The lowest BCUT2D eigenvalue weighted by Gasteiger charge is -2.06. The van der Waals surface area contributed by atoms with Gasteiger partial charge in [-0.1, -0.05) is 72.4 Å². The molecule has 0 nitrogen and oxygen atoms in total. The van der Waals surface area contributed by atoms with Crippen LogP contribution in [0.15, 0.2) is 90.9 Å². The molecule has 0 atom stereocenters. The summed E-state index contributed by atoms with van der Waals surface area (Å²) in [7, 11) is 0. The Morgan fingerprint density at radius 3 is 2.38 bits per heavy atom. The highest BCUT2D eigenvalue weighted by Crippen LogP contribution is 2.23. The van der Waals surface area contributed by atoms with Crippen LogP contribution in [-0.4, -0.2) is 0 Å². The Morgan fingerprint density at radius 2 is 1.83 bits per heavy atom. The number of halogens is 1. The Hall–Kier alpha value is -2.41. The van der Waals surface area contributed by atoms with Gasteiger partial charge in [-0.15, -0.1) is 6.58 Å². The molecule has 0 amide bonds.